The first-order chi connectivity index (χ1) is 8.45. The van der Waals surface area contributed by atoms with E-state index in [0.717, 1.165) is 18.4 Å². The lowest BCUT2D eigenvalue weighted by Gasteiger charge is -2.07. The number of nitrogens with one attached hydrogen (secondary N) is 1. The van der Waals surface area contributed by atoms with Crippen LogP contribution in [0.15, 0.2) is 29.2 Å². The monoisotopic (exact) mass is 286 g/mol. The molecule has 0 radical (unpaired) electrons. The van der Waals surface area contributed by atoms with Gasteiger partial charge in [0.2, 0.25) is 10.0 Å². The predicted molar refractivity (Wildman–Crippen MR) is 77.0 cm³/mol. The largest absolute Gasteiger partial charge is 0.393 e. The number of hydrogen-bond acceptors (Lipinski definition) is 3. The summed E-state index contributed by atoms with van der Waals surface area (Å²) in [5, 5.41) is 0. The van der Waals surface area contributed by atoms with Crippen molar-refractivity contribution in [2.24, 2.45) is 5.73 Å². The third-order valence-corrected chi connectivity index (χ3v) is 4.12. The van der Waals surface area contributed by atoms with Gasteiger partial charge < -0.3 is 5.73 Å². The molecule has 0 aromatic heterocycles. The van der Waals surface area contributed by atoms with Crippen LogP contribution in [-0.4, -0.2) is 20.0 Å². The molecule has 0 saturated carbocycles. The molecule has 1 aromatic carbocycles. The lowest BCUT2D eigenvalue weighted by Crippen LogP contribution is -2.27. The van der Waals surface area contributed by atoms with Crippen LogP contribution in [0.2, 0.25) is 0 Å². The molecule has 0 aliphatic rings. The van der Waals surface area contributed by atoms with Crippen molar-refractivity contribution in [3.63, 3.8) is 0 Å². The molecule has 6 heteroatoms. The number of aryl methyl sites for hydroxylation is 1. The van der Waals surface area contributed by atoms with Gasteiger partial charge in [0, 0.05) is 13.0 Å². The van der Waals surface area contributed by atoms with Crippen molar-refractivity contribution in [3.05, 3.63) is 29.8 Å². The fraction of sp³-hybridized carbons (Fsp3) is 0.417. The minimum atomic E-state index is -3.45. The molecule has 0 fully saturated rings. The Labute approximate surface area is 114 Å². The number of rotatable bonds is 7. The van der Waals surface area contributed by atoms with Crippen molar-refractivity contribution in [2.75, 3.05) is 6.54 Å². The molecule has 1 aromatic rings. The third kappa shape index (κ3) is 4.72. The van der Waals surface area contributed by atoms with Gasteiger partial charge in [-0.1, -0.05) is 37.7 Å². The summed E-state index contributed by atoms with van der Waals surface area (Å²) in [6.07, 6.45) is 2.36. The lowest BCUT2D eigenvalue weighted by molar-refractivity contribution is 0.582. The molecule has 0 saturated heterocycles. The molecule has 4 nitrogen and oxygen atoms in total. The first kappa shape index (κ1) is 15.1. The van der Waals surface area contributed by atoms with Crippen LogP contribution in [0.25, 0.3) is 0 Å². The van der Waals surface area contributed by atoms with Gasteiger partial charge in [-0.05, 0) is 24.1 Å². The van der Waals surface area contributed by atoms with E-state index in [9.17, 15) is 8.42 Å². The summed E-state index contributed by atoms with van der Waals surface area (Å²) in [5.74, 6) is 0. The topological polar surface area (TPSA) is 72.2 Å². The smallest absolute Gasteiger partial charge is 0.240 e. The molecule has 0 aliphatic heterocycles. The van der Waals surface area contributed by atoms with Crippen molar-refractivity contribution in [1.29, 1.82) is 0 Å². The van der Waals surface area contributed by atoms with Gasteiger partial charge in [-0.3, -0.25) is 0 Å². The summed E-state index contributed by atoms with van der Waals surface area (Å²) < 4.78 is 26.2. The maximum atomic E-state index is 11.9. The van der Waals surface area contributed by atoms with Crippen LogP contribution in [0.3, 0.4) is 0 Å². The van der Waals surface area contributed by atoms with E-state index in [1.807, 2.05) is 12.1 Å². The highest BCUT2D eigenvalue weighted by atomic mass is 32.2. The number of sulfonamides is 1. The second kappa shape index (κ2) is 6.82. The first-order valence-electron chi connectivity index (χ1n) is 5.82. The normalized spacial score (nSPS) is 11.4. The fourth-order valence-electron chi connectivity index (χ4n) is 1.52. The highest BCUT2D eigenvalue weighted by Gasteiger charge is 2.12. The average Bonchev–Trinajstić information content (AvgIpc) is 2.29. The maximum Gasteiger partial charge on any atom is 0.240 e. The molecule has 0 spiro atoms. The standard InChI is InChI=1S/C12H18N2O2S2/c1-2-3-10-4-6-11(7-5-10)18(15,16)14-9-8-12(13)17/h4-7,14H,2-3,8-9H2,1H3,(H2,13,17). The Hall–Kier alpha value is -0.980. The molecule has 0 atom stereocenters. The van der Waals surface area contributed by atoms with Crippen LogP contribution in [-0.2, 0) is 16.4 Å². The fourth-order valence-corrected chi connectivity index (χ4v) is 2.65. The molecular formula is C12H18N2O2S2. The minimum Gasteiger partial charge on any atom is -0.393 e. The summed E-state index contributed by atoms with van der Waals surface area (Å²) >= 11 is 4.69. The van der Waals surface area contributed by atoms with E-state index in [0.29, 0.717) is 11.4 Å². The van der Waals surface area contributed by atoms with Gasteiger partial charge in [-0.15, -0.1) is 0 Å². The molecule has 3 N–H and O–H groups in total. The maximum absolute atomic E-state index is 11.9. The Morgan fingerprint density at radius 2 is 1.94 bits per heavy atom. The number of thiocarbonyl (C=S) groups is 1. The SMILES string of the molecule is CCCc1ccc(S(=O)(=O)NCCC(N)=S)cc1. The summed E-state index contributed by atoms with van der Waals surface area (Å²) in [6.45, 7) is 2.32. The Bertz CT molecular complexity index is 495. The number of benzene rings is 1. The highest BCUT2D eigenvalue weighted by molar-refractivity contribution is 7.89. The molecule has 0 heterocycles. The van der Waals surface area contributed by atoms with Gasteiger partial charge in [0.15, 0.2) is 0 Å². The van der Waals surface area contributed by atoms with Crippen LogP contribution < -0.4 is 10.5 Å². The number of nitrogens with two attached hydrogens (primary N) is 1. The molecule has 0 unspecified atom stereocenters. The molecule has 1 rings (SSSR count). The van der Waals surface area contributed by atoms with Crippen molar-refractivity contribution in [1.82, 2.24) is 4.72 Å². The van der Waals surface area contributed by atoms with Gasteiger partial charge in [0.05, 0.1) is 9.88 Å². The Morgan fingerprint density at radius 1 is 1.33 bits per heavy atom. The van der Waals surface area contributed by atoms with Crippen molar-refractivity contribution in [2.45, 2.75) is 31.1 Å². The molecule has 100 valence electrons. The zero-order valence-electron chi connectivity index (χ0n) is 10.3. The second-order valence-corrected chi connectivity index (χ2v) is 6.30. The van der Waals surface area contributed by atoms with E-state index in [-0.39, 0.29) is 11.4 Å². The molecule has 18 heavy (non-hydrogen) atoms. The van der Waals surface area contributed by atoms with E-state index in [1.54, 1.807) is 12.1 Å². The predicted octanol–water partition coefficient (Wildman–Crippen LogP) is 1.59. The van der Waals surface area contributed by atoms with Crippen molar-refractivity contribution in [3.8, 4) is 0 Å². The van der Waals surface area contributed by atoms with Crippen LogP contribution >= 0.6 is 12.2 Å². The van der Waals surface area contributed by atoms with E-state index >= 15 is 0 Å². The summed E-state index contributed by atoms with van der Waals surface area (Å²) in [7, 11) is -3.45. The molecule has 0 aliphatic carbocycles. The van der Waals surface area contributed by atoms with Crippen LogP contribution in [0.1, 0.15) is 25.3 Å². The van der Waals surface area contributed by atoms with Gasteiger partial charge in [0.25, 0.3) is 0 Å². The molecule has 0 bridgehead atoms. The van der Waals surface area contributed by atoms with Gasteiger partial charge in [0.1, 0.15) is 0 Å². The zero-order valence-corrected chi connectivity index (χ0v) is 12.0. The lowest BCUT2D eigenvalue weighted by atomic mass is 10.1. The Balaban J connectivity index is 2.69. The summed E-state index contributed by atoms with van der Waals surface area (Å²) in [5.41, 5.74) is 6.45. The van der Waals surface area contributed by atoms with E-state index in [4.69, 9.17) is 5.73 Å². The van der Waals surface area contributed by atoms with Gasteiger partial charge in [-0.2, -0.15) is 0 Å². The Kier molecular flexibility index (Phi) is 5.71. The molecular weight excluding hydrogens is 268 g/mol. The summed E-state index contributed by atoms with van der Waals surface area (Å²) in [4.78, 5) is 0.571. The molecule has 0 amide bonds. The van der Waals surface area contributed by atoms with Crippen molar-refractivity contribution < 1.29 is 8.42 Å². The average molecular weight is 286 g/mol. The first-order valence-corrected chi connectivity index (χ1v) is 7.71. The van der Waals surface area contributed by atoms with Gasteiger partial charge in [-0.25, -0.2) is 13.1 Å². The summed E-state index contributed by atoms with van der Waals surface area (Å²) in [6, 6.07) is 6.92. The van der Waals surface area contributed by atoms with Gasteiger partial charge >= 0.3 is 0 Å². The Morgan fingerprint density at radius 3 is 2.44 bits per heavy atom. The third-order valence-electron chi connectivity index (χ3n) is 2.44. The van der Waals surface area contributed by atoms with E-state index in [1.165, 1.54) is 0 Å². The van der Waals surface area contributed by atoms with E-state index < -0.39 is 10.0 Å². The highest BCUT2D eigenvalue weighted by Crippen LogP contribution is 2.11. The zero-order chi connectivity index (χ0) is 13.6. The van der Waals surface area contributed by atoms with Crippen LogP contribution in [0.4, 0.5) is 0 Å². The number of hydrogen-bond donors (Lipinski definition) is 2. The van der Waals surface area contributed by atoms with E-state index in [2.05, 4.69) is 23.9 Å². The van der Waals surface area contributed by atoms with Crippen LogP contribution in [0, 0.1) is 0 Å². The second-order valence-electron chi connectivity index (χ2n) is 4.01. The van der Waals surface area contributed by atoms with Crippen LogP contribution in [0.5, 0.6) is 0 Å². The minimum absolute atomic E-state index is 0.231. The quantitative estimate of drug-likeness (QED) is 0.747. The van der Waals surface area contributed by atoms with Crippen molar-refractivity contribution >= 4 is 27.2 Å².